The van der Waals surface area contributed by atoms with Crippen molar-refractivity contribution in [2.24, 2.45) is 0 Å². The minimum Gasteiger partial charge on any atom is -0.390 e. The van der Waals surface area contributed by atoms with E-state index in [0.29, 0.717) is 34.5 Å². The second-order valence-corrected chi connectivity index (χ2v) is 9.40. The van der Waals surface area contributed by atoms with Crippen LogP contribution in [0.2, 0.25) is 10.0 Å². The lowest BCUT2D eigenvalue weighted by molar-refractivity contribution is 0.118. The minimum absolute atomic E-state index is 0.365. The molecular formula is C25H27Cl2N7O. The Balaban J connectivity index is 1.19. The van der Waals surface area contributed by atoms with E-state index in [1.165, 1.54) is 6.33 Å². The molecule has 0 aliphatic carbocycles. The van der Waals surface area contributed by atoms with Crippen LogP contribution in [0.4, 0.5) is 11.5 Å². The molecule has 0 amide bonds. The summed E-state index contributed by atoms with van der Waals surface area (Å²) in [5.41, 5.74) is 3.37. The van der Waals surface area contributed by atoms with Crippen molar-refractivity contribution in [2.45, 2.75) is 13.0 Å². The summed E-state index contributed by atoms with van der Waals surface area (Å²) in [4.78, 5) is 18.0. The van der Waals surface area contributed by atoms with E-state index in [-0.39, 0.29) is 0 Å². The maximum Gasteiger partial charge on any atom is 0.170 e. The molecule has 0 bridgehead atoms. The number of hydrogen-bond acceptors (Lipinski definition) is 7. The number of aliphatic hydroxyl groups is 1. The quantitative estimate of drug-likeness (QED) is 0.387. The predicted molar refractivity (Wildman–Crippen MR) is 141 cm³/mol. The molecule has 2 N–H and O–H groups in total. The highest BCUT2D eigenvalue weighted by atomic mass is 35.5. The van der Waals surface area contributed by atoms with Crippen molar-refractivity contribution >= 4 is 45.9 Å². The minimum atomic E-state index is -0.557. The van der Waals surface area contributed by atoms with Gasteiger partial charge in [-0.2, -0.15) is 0 Å². The van der Waals surface area contributed by atoms with Crippen LogP contribution in [0.15, 0.2) is 54.9 Å². The van der Waals surface area contributed by atoms with E-state index < -0.39 is 6.10 Å². The number of para-hydroxylation sites is 1. The summed E-state index contributed by atoms with van der Waals surface area (Å²) in [6.45, 7) is 6.19. The summed E-state index contributed by atoms with van der Waals surface area (Å²) in [6.07, 6.45) is 0.969. The first-order valence-electron chi connectivity index (χ1n) is 11.6. The molecule has 182 valence electrons. The fourth-order valence-electron chi connectivity index (χ4n) is 4.50. The first kappa shape index (κ1) is 23.8. The number of aryl methyl sites for hydroxylation is 1. The number of halogens is 2. The third-order valence-electron chi connectivity index (χ3n) is 6.24. The van der Waals surface area contributed by atoms with E-state index >= 15 is 0 Å². The number of nitrogens with one attached hydrogen (secondary N) is 1. The number of hydrogen-bond donors (Lipinski definition) is 2. The van der Waals surface area contributed by atoms with Crippen LogP contribution in [0.1, 0.15) is 5.82 Å². The van der Waals surface area contributed by atoms with E-state index in [1.54, 1.807) is 6.07 Å². The Hall–Kier alpha value is -2.91. The van der Waals surface area contributed by atoms with Crippen LogP contribution in [0.3, 0.4) is 0 Å². The lowest BCUT2D eigenvalue weighted by Crippen LogP contribution is -2.49. The molecule has 1 unspecified atom stereocenters. The average molecular weight is 512 g/mol. The highest BCUT2D eigenvalue weighted by molar-refractivity contribution is 6.43. The second kappa shape index (κ2) is 10.4. The van der Waals surface area contributed by atoms with Crippen molar-refractivity contribution in [1.29, 1.82) is 0 Å². The molecule has 1 aliphatic rings. The maximum atomic E-state index is 10.7. The number of nitrogens with zero attached hydrogens (tertiary/aromatic N) is 6. The largest absolute Gasteiger partial charge is 0.390 e. The lowest BCUT2D eigenvalue weighted by Gasteiger charge is -2.37. The monoisotopic (exact) mass is 511 g/mol. The van der Waals surface area contributed by atoms with Gasteiger partial charge in [-0.05, 0) is 31.2 Å². The summed E-state index contributed by atoms with van der Waals surface area (Å²) in [7, 11) is 0. The predicted octanol–water partition coefficient (Wildman–Crippen LogP) is 4.03. The summed E-state index contributed by atoms with van der Waals surface area (Å²) >= 11 is 12.6. The van der Waals surface area contributed by atoms with Gasteiger partial charge in [-0.3, -0.25) is 9.47 Å². The Kier molecular flexibility index (Phi) is 7.06. The van der Waals surface area contributed by atoms with Crippen LogP contribution in [-0.4, -0.2) is 74.9 Å². The number of β-amino-alcohol motifs (C(OH)–C–C–N with tert-alkyl or cyclic N) is 1. The van der Waals surface area contributed by atoms with Crippen LogP contribution in [-0.2, 0) is 0 Å². The molecule has 4 aromatic rings. The van der Waals surface area contributed by atoms with E-state index in [1.807, 2.05) is 54.0 Å². The van der Waals surface area contributed by atoms with Crippen molar-refractivity contribution in [3.63, 3.8) is 0 Å². The molecule has 0 radical (unpaired) electrons. The zero-order chi connectivity index (χ0) is 24.4. The molecule has 1 fully saturated rings. The van der Waals surface area contributed by atoms with Gasteiger partial charge in [-0.15, -0.1) is 0 Å². The first-order valence-corrected chi connectivity index (χ1v) is 12.4. The topological polar surface area (TPSA) is 82.3 Å². The molecule has 3 heterocycles. The maximum absolute atomic E-state index is 10.7. The number of imidazole rings is 1. The van der Waals surface area contributed by atoms with Crippen LogP contribution in [0.5, 0.6) is 0 Å². The molecule has 1 atom stereocenters. The molecule has 2 aromatic heterocycles. The third-order valence-corrected chi connectivity index (χ3v) is 7.05. The van der Waals surface area contributed by atoms with Gasteiger partial charge >= 0.3 is 0 Å². The molecular weight excluding hydrogens is 485 g/mol. The van der Waals surface area contributed by atoms with Gasteiger partial charge in [0.05, 0.1) is 21.8 Å². The molecule has 0 spiro atoms. The third kappa shape index (κ3) is 5.06. The molecule has 5 rings (SSSR count). The van der Waals surface area contributed by atoms with Crippen LogP contribution in [0, 0.1) is 6.92 Å². The van der Waals surface area contributed by atoms with Gasteiger partial charge in [0.15, 0.2) is 17.0 Å². The number of anilines is 2. The van der Waals surface area contributed by atoms with Crippen molar-refractivity contribution < 1.29 is 5.11 Å². The van der Waals surface area contributed by atoms with Crippen molar-refractivity contribution in [3.05, 3.63) is 70.7 Å². The summed E-state index contributed by atoms with van der Waals surface area (Å²) in [5.74, 6) is 1.44. The van der Waals surface area contributed by atoms with Gasteiger partial charge in [0.2, 0.25) is 0 Å². The Morgan fingerprint density at radius 2 is 1.77 bits per heavy atom. The normalized spacial score (nSPS) is 15.5. The number of rotatable bonds is 7. The molecule has 1 saturated heterocycles. The fraction of sp³-hybridized carbons (Fsp3) is 0.320. The molecule has 10 heteroatoms. The van der Waals surface area contributed by atoms with Gasteiger partial charge in [0.1, 0.15) is 12.2 Å². The summed E-state index contributed by atoms with van der Waals surface area (Å²) in [6, 6.07) is 15.7. The Morgan fingerprint density at radius 1 is 1.00 bits per heavy atom. The van der Waals surface area contributed by atoms with Gasteiger partial charge in [-0.1, -0.05) is 47.5 Å². The SMILES string of the molecule is Cc1nc2c(NCC(O)CN3CCN(c4cccc(Cl)c4Cl)CC3)ncnc2n1-c1ccccc1. The zero-order valence-electron chi connectivity index (χ0n) is 19.4. The van der Waals surface area contributed by atoms with Gasteiger partial charge in [-0.25, -0.2) is 15.0 Å². The first-order chi connectivity index (χ1) is 17.0. The number of aromatic nitrogens is 4. The van der Waals surface area contributed by atoms with Crippen LogP contribution < -0.4 is 10.2 Å². The Bertz CT molecular complexity index is 1310. The molecule has 1 aliphatic heterocycles. The van der Waals surface area contributed by atoms with E-state index in [9.17, 15) is 5.11 Å². The number of fused-ring (bicyclic) bond motifs is 1. The fourth-order valence-corrected chi connectivity index (χ4v) is 4.92. The van der Waals surface area contributed by atoms with Crippen LogP contribution >= 0.6 is 23.2 Å². The summed E-state index contributed by atoms with van der Waals surface area (Å²) < 4.78 is 2.00. The zero-order valence-corrected chi connectivity index (χ0v) is 20.9. The average Bonchev–Trinajstić information content (AvgIpc) is 3.22. The molecule has 2 aromatic carbocycles. The second-order valence-electron chi connectivity index (χ2n) is 8.62. The van der Waals surface area contributed by atoms with E-state index in [2.05, 4.69) is 25.1 Å². The smallest absolute Gasteiger partial charge is 0.170 e. The highest BCUT2D eigenvalue weighted by Crippen LogP contribution is 2.33. The van der Waals surface area contributed by atoms with Crippen LogP contribution in [0.25, 0.3) is 16.9 Å². The van der Waals surface area contributed by atoms with E-state index in [0.717, 1.165) is 49.0 Å². The number of benzene rings is 2. The van der Waals surface area contributed by atoms with Gasteiger partial charge in [0.25, 0.3) is 0 Å². The van der Waals surface area contributed by atoms with E-state index in [4.69, 9.17) is 28.2 Å². The number of aliphatic hydroxyl groups excluding tert-OH is 1. The Morgan fingerprint density at radius 3 is 2.54 bits per heavy atom. The van der Waals surface area contributed by atoms with Crippen molar-refractivity contribution in [3.8, 4) is 5.69 Å². The summed E-state index contributed by atoms with van der Waals surface area (Å²) in [5, 5.41) is 15.1. The highest BCUT2D eigenvalue weighted by Gasteiger charge is 2.22. The van der Waals surface area contributed by atoms with Gasteiger partial charge < -0.3 is 15.3 Å². The molecule has 0 saturated carbocycles. The number of piperazine rings is 1. The van der Waals surface area contributed by atoms with Gasteiger partial charge in [0, 0.05) is 45.0 Å². The van der Waals surface area contributed by atoms with Crippen molar-refractivity contribution in [2.75, 3.05) is 49.5 Å². The Labute approximate surface area is 214 Å². The molecule has 35 heavy (non-hydrogen) atoms. The standard InChI is InChI=1S/C25H27Cl2N7O/c1-17-31-23-24(29-16-30-25(23)34(17)18-6-3-2-4-7-18)28-14-19(35)15-32-10-12-33(13-11-32)21-9-5-8-20(26)22(21)27/h2-9,16,19,35H,10-15H2,1H3,(H,28,29,30). The van der Waals surface area contributed by atoms with Crippen molar-refractivity contribution in [1.82, 2.24) is 24.4 Å². The molecule has 8 nitrogen and oxygen atoms in total. The lowest BCUT2D eigenvalue weighted by atomic mass is 10.2.